The average molecular weight is 540 g/mol. The minimum absolute atomic E-state index is 0.0184. The van der Waals surface area contributed by atoms with Gasteiger partial charge in [-0.2, -0.15) is 8.78 Å². The number of nitrogens with zero attached hydrogens (tertiary/aromatic N) is 2. The first kappa shape index (κ1) is 26.1. The third kappa shape index (κ3) is 4.30. The fourth-order valence-electron chi connectivity index (χ4n) is 3.81. The number of aliphatic carboxylic acids is 1. The minimum atomic E-state index is -4.66. The van der Waals surface area contributed by atoms with Crippen molar-refractivity contribution >= 4 is 23.5 Å². The maximum absolute atomic E-state index is 14.7. The molecule has 37 heavy (non-hydrogen) atoms. The van der Waals surface area contributed by atoms with Gasteiger partial charge in [-0.15, -0.1) is 0 Å². The van der Waals surface area contributed by atoms with Crippen LogP contribution in [0.15, 0.2) is 12.1 Å². The summed E-state index contributed by atoms with van der Waals surface area (Å²) in [4.78, 5) is 37.3. The Labute approximate surface area is 200 Å². The van der Waals surface area contributed by atoms with E-state index in [0.717, 1.165) is 0 Å². The molecule has 16 heteroatoms. The van der Waals surface area contributed by atoms with Crippen molar-refractivity contribution in [1.29, 1.82) is 0 Å². The smallest absolute Gasteiger partial charge is 0.480 e. The van der Waals surface area contributed by atoms with E-state index in [9.17, 15) is 54.6 Å². The van der Waals surface area contributed by atoms with E-state index >= 15 is 0 Å². The molecule has 2 heterocycles. The number of carbonyl (C=O) groups is 3. The number of amides is 2. The molecule has 2 aromatic carbocycles. The van der Waals surface area contributed by atoms with Crippen LogP contribution < -0.4 is 9.64 Å². The van der Waals surface area contributed by atoms with Crippen molar-refractivity contribution < 1.29 is 64.1 Å². The zero-order valence-corrected chi connectivity index (χ0v) is 18.0. The number of anilines is 1. The molecule has 0 aliphatic carbocycles. The SMILES string of the molecule is O=C(O)[C@@H]1COCCN1C(=O)CN1C(=O)C(F)(F)Oc2cc(F)c(-c3c(F)c(F)c(F)c(F)c3F)cc21. The van der Waals surface area contributed by atoms with Crippen molar-refractivity contribution in [2.75, 3.05) is 31.2 Å². The average Bonchev–Trinajstić information content (AvgIpc) is 2.84. The Morgan fingerprint density at radius 3 is 2.19 bits per heavy atom. The van der Waals surface area contributed by atoms with Crippen LogP contribution in [0.2, 0.25) is 0 Å². The Bertz CT molecular complexity index is 1310. The highest BCUT2D eigenvalue weighted by Gasteiger charge is 2.52. The van der Waals surface area contributed by atoms with Gasteiger partial charge in [-0.1, -0.05) is 0 Å². The second-order valence-corrected chi connectivity index (χ2v) is 7.77. The summed E-state index contributed by atoms with van der Waals surface area (Å²) in [6, 6.07) is -1.15. The number of alkyl halides is 2. The van der Waals surface area contributed by atoms with Gasteiger partial charge in [-0.25, -0.2) is 31.1 Å². The number of hydrogen-bond acceptors (Lipinski definition) is 5. The third-order valence-electron chi connectivity index (χ3n) is 5.58. The summed E-state index contributed by atoms with van der Waals surface area (Å²) in [5.41, 5.74) is -3.99. The molecule has 1 fully saturated rings. The first-order valence-corrected chi connectivity index (χ1v) is 10.1. The zero-order valence-electron chi connectivity index (χ0n) is 18.0. The van der Waals surface area contributed by atoms with Crippen molar-refractivity contribution in [2.24, 2.45) is 0 Å². The zero-order chi connectivity index (χ0) is 27.4. The van der Waals surface area contributed by atoms with Gasteiger partial charge >= 0.3 is 18.0 Å². The monoisotopic (exact) mass is 540 g/mol. The van der Waals surface area contributed by atoms with Gasteiger partial charge in [0.15, 0.2) is 35.1 Å². The summed E-state index contributed by atoms with van der Waals surface area (Å²) in [6.07, 6.45) is -4.66. The lowest BCUT2D eigenvalue weighted by atomic mass is 10.0. The molecular weight excluding hydrogens is 528 g/mol. The van der Waals surface area contributed by atoms with Crippen LogP contribution >= 0.6 is 0 Å². The standard InChI is InChI=1S/C21H12F8N2O6/c22-8-4-11-9(3-7(8)13-14(23)16(25)18(27)17(26)15(13)24)31(20(35)21(28,29)37-11)5-12(32)30-1-2-36-6-10(30)19(33)34/h3-4,10H,1-2,5-6H2,(H,33,34)/t10-/m0/s1. The number of carbonyl (C=O) groups excluding carboxylic acids is 2. The number of carboxylic acids is 1. The molecule has 2 aliphatic rings. The fraction of sp³-hybridized carbons (Fsp3) is 0.286. The molecule has 1 N–H and O–H groups in total. The van der Waals surface area contributed by atoms with Crippen LogP contribution in [0.5, 0.6) is 5.75 Å². The Morgan fingerprint density at radius 2 is 1.59 bits per heavy atom. The highest BCUT2D eigenvalue weighted by molar-refractivity contribution is 6.05. The number of ether oxygens (including phenoxy) is 2. The molecule has 1 saturated heterocycles. The lowest BCUT2D eigenvalue weighted by Crippen LogP contribution is -2.58. The molecule has 8 nitrogen and oxygen atoms in total. The van der Waals surface area contributed by atoms with Gasteiger partial charge in [-0.05, 0) is 6.07 Å². The molecule has 0 radical (unpaired) electrons. The molecule has 2 aromatic rings. The topological polar surface area (TPSA) is 96.4 Å². The van der Waals surface area contributed by atoms with Crippen molar-refractivity contribution in [3.8, 4) is 16.9 Å². The van der Waals surface area contributed by atoms with Gasteiger partial charge < -0.3 is 19.5 Å². The predicted octanol–water partition coefficient (Wildman–Crippen LogP) is 2.82. The molecule has 0 unspecified atom stereocenters. The van der Waals surface area contributed by atoms with Gasteiger partial charge in [0, 0.05) is 18.2 Å². The summed E-state index contributed by atoms with van der Waals surface area (Å²) in [6.45, 7) is -2.18. The first-order chi connectivity index (χ1) is 17.3. The number of benzene rings is 2. The van der Waals surface area contributed by atoms with E-state index in [2.05, 4.69) is 4.74 Å². The van der Waals surface area contributed by atoms with E-state index in [1.807, 2.05) is 0 Å². The molecule has 4 rings (SSSR count). The van der Waals surface area contributed by atoms with Gasteiger partial charge in [0.25, 0.3) is 0 Å². The molecule has 0 aromatic heterocycles. The molecular formula is C21H12F8N2O6. The van der Waals surface area contributed by atoms with Crippen molar-refractivity contribution in [1.82, 2.24) is 4.90 Å². The fourth-order valence-corrected chi connectivity index (χ4v) is 3.81. The highest BCUT2D eigenvalue weighted by atomic mass is 19.3. The summed E-state index contributed by atoms with van der Waals surface area (Å²) < 4.78 is 122. The second kappa shape index (κ2) is 9.17. The minimum Gasteiger partial charge on any atom is -0.480 e. The Kier molecular flexibility index (Phi) is 6.47. The molecule has 0 saturated carbocycles. The lowest BCUT2D eigenvalue weighted by molar-refractivity contribution is -0.193. The van der Waals surface area contributed by atoms with Crippen LogP contribution in [0, 0.1) is 34.9 Å². The number of halogens is 8. The number of hydrogen-bond donors (Lipinski definition) is 1. The third-order valence-corrected chi connectivity index (χ3v) is 5.58. The molecule has 1 atom stereocenters. The van der Waals surface area contributed by atoms with Gasteiger partial charge in [-0.3, -0.25) is 14.5 Å². The molecule has 2 amide bonds. The number of morpholine rings is 1. The van der Waals surface area contributed by atoms with E-state index in [0.29, 0.717) is 4.90 Å². The van der Waals surface area contributed by atoms with E-state index in [1.165, 1.54) is 0 Å². The first-order valence-electron chi connectivity index (χ1n) is 10.1. The van der Waals surface area contributed by atoms with Crippen LogP contribution in [-0.4, -0.2) is 66.2 Å². The Hall–Kier alpha value is -3.95. The molecule has 0 bridgehead atoms. The summed E-state index contributed by atoms with van der Waals surface area (Å²) in [7, 11) is 0. The van der Waals surface area contributed by atoms with Crippen LogP contribution in [-0.2, 0) is 19.1 Å². The summed E-state index contributed by atoms with van der Waals surface area (Å²) in [5, 5.41) is 9.27. The summed E-state index contributed by atoms with van der Waals surface area (Å²) >= 11 is 0. The van der Waals surface area contributed by atoms with E-state index in [1.54, 1.807) is 0 Å². The van der Waals surface area contributed by atoms with Crippen LogP contribution in [0.25, 0.3) is 11.1 Å². The maximum atomic E-state index is 14.7. The lowest BCUT2D eigenvalue weighted by Gasteiger charge is -2.37. The van der Waals surface area contributed by atoms with E-state index in [4.69, 9.17) is 4.74 Å². The van der Waals surface area contributed by atoms with Crippen LogP contribution in [0.3, 0.4) is 0 Å². The van der Waals surface area contributed by atoms with Gasteiger partial charge in [0.05, 0.1) is 24.5 Å². The normalized spacial score (nSPS) is 18.9. The van der Waals surface area contributed by atoms with Gasteiger partial charge in [0.2, 0.25) is 11.7 Å². The Morgan fingerprint density at radius 1 is 1.00 bits per heavy atom. The predicted molar refractivity (Wildman–Crippen MR) is 104 cm³/mol. The van der Waals surface area contributed by atoms with Crippen LogP contribution in [0.1, 0.15) is 0 Å². The number of carboxylic acid groups (broad SMARTS) is 1. The van der Waals surface area contributed by atoms with E-state index < -0.39 is 101 Å². The molecule has 2 aliphatic heterocycles. The molecule has 0 spiro atoms. The second-order valence-electron chi connectivity index (χ2n) is 7.77. The van der Waals surface area contributed by atoms with Crippen LogP contribution in [0.4, 0.5) is 40.8 Å². The van der Waals surface area contributed by atoms with Crippen molar-refractivity contribution in [3.05, 3.63) is 47.0 Å². The quantitative estimate of drug-likeness (QED) is 0.364. The maximum Gasteiger partial charge on any atom is 0.482 e. The van der Waals surface area contributed by atoms with Gasteiger partial charge in [0.1, 0.15) is 12.4 Å². The summed E-state index contributed by atoms with van der Waals surface area (Å²) in [5.74, 6) is -20.1. The largest absolute Gasteiger partial charge is 0.482 e. The number of fused-ring (bicyclic) bond motifs is 1. The van der Waals surface area contributed by atoms with E-state index in [-0.39, 0.29) is 30.2 Å². The van der Waals surface area contributed by atoms with Crippen molar-refractivity contribution in [2.45, 2.75) is 12.2 Å². The molecule has 198 valence electrons. The number of rotatable bonds is 4. The van der Waals surface area contributed by atoms with Crippen molar-refractivity contribution in [3.63, 3.8) is 0 Å². The highest BCUT2D eigenvalue weighted by Crippen LogP contribution is 2.44. The Balaban J connectivity index is 1.83.